The van der Waals surface area contributed by atoms with Crippen LogP contribution in [0.25, 0.3) is 12.2 Å². The van der Waals surface area contributed by atoms with Crippen LogP contribution < -0.4 is 4.90 Å². The van der Waals surface area contributed by atoms with Crippen LogP contribution in [0, 0.1) is 6.92 Å². The molecule has 24 heavy (non-hydrogen) atoms. The lowest BCUT2D eigenvalue weighted by Gasteiger charge is -2.18. The molecule has 1 aromatic heterocycles. The Labute approximate surface area is 139 Å². The summed E-state index contributed by atoms with van der Waals surface area (Å²) in [6.07, 6.45) is 1.49. The number of benzene rings is 1. The summed E-state index contributed by atoms with van der Waals surface area (Å²) in [5, 5.41) is 0. The minimum atomic E-state index is -4.33. The maximum absolute atomic E-state index is 12.8. The van der Waals surface area contributed by atoms with Crippen molar-refractivity contribution < 1.29 is 13.2 Å². The van der Waals surface area contributed by atoms with E-state index in [0.717, 1.165) is 42.3 Å². The number of aryl methyl sites for hydroxylation is 1. The van der Waals surface area contributed by atoms with Gasteiger partial charge in [-0.2, -0.15) is 13.2 Å². The molecule has 5 heteroatoms. The second kappa shape index (κ2) is 6.67. The highest BCUT2D eigenvalue weighted by atomic mass is 19.4. The van der Waals surface area contributed by atoms with Gasteiger partial charge in [0.2, 0.25) is 0 Å². The fraction of sp³-hybridized carbons (Fsp3) is 0.316. The predicted molar refractivity (Wildman–Crippen MR) is 90.8 cm³/mol. The third kappa shape index (κ3) is 3.96. The lowest BCUT2D eigenvalue weighted by molar-refractivity contribution is -0.137. The van der Waals surface area contributed by atoms with Crippen LogP contribution in [0.1, 0.15) is 35.4 Å². The van der Waals surface area contributed by atoms with Crippen molar-refractivity contribution in [1.82, 2.24) is 4.98 Å². The van der Waals surface area contributed by atoms with Crippen molar-refractivity contribution in [3.05, 3.63) is 58.9 Å². The number of pyridine rings is 1. The Morgan fingerprint density at radius 1 is 1.04 bits per heavy atom. The standard InChI is InChI=1S/C19H19F3N2/c1-14-11-18(24-9-2-3-10-24)13-17(23-14)8-7-15-5-4-6-16(12-15)19(20,21)22/h4-8,11-13H,2-3,9-10H2,1H3/b8-7+. The van der Waals surface area contributed by atoms with Crippen molar-refractivity contribution in [1.29, 1.82) is 0 Å². The van der Waals surface area contributed by atoms with Crippen LogP contribution in [0.2, 0.25) is 0 Å². The molecule has 1 aliphatic rings. The third-order valence-electron chi connectivity index (χ3n) is 4.09. The number of halogens is 3. The van der Waals surface area contributed by atoms with Gasteiger partial charge in [0.1, 0.15) is 0 Å². The molecule has 1 saturated heterocycles. The second-order valence-corrected chi connectivity index (χ2v) is 6.04. The van der Waals surface area contributed by atoms with E-state index in [1.807, 2.05) is 19.1 Å². The van der Waals surface area contributed by atoms with Gasteiger partial charge in [0.15, 0.2) is 0 Å². The summed E-state index contributed by atoms with van der Waals surface area (Å²) >= 11 is 0. The smallest absolute Gasteiger partial charge is 0.371 e. The molecule has 0 amide bonds. The number of hydrogen-bond donors (Lipinski definition) is 0. The minimum Gasteiger partial charge on any atom is -0.371 e. The van der Waals surface area contributed by atoms with Gasteiger partial charge in [-0.15, -0.1) is 0 Å². The Balaban J connectivity index is 1.84. The quantitative estimate of drug-likeness (QED) is 0.770. The SMILES string of the molecule is Cc1cc(N2CCCC2)cc(/C=C/c2cccc(C(F)(F)F)c2)n1. The lowest BCUT2D eigenvalue weighted by Crippen LogP contribution is -2.17. The first-order chi connectivity index (χ1) is 11.4. The topological polar surface area (TPSA) is 16.1 Å². The number of nitrogens with zero attached hydrogens (tertiary/aromatic N) is 2. The normalized spacial score (nSPS) is 15.4. The average molecular weight is 332 g/mol. The van der Waals surface area contributed by atoms with Gasteiger partial charge in [-0.05, 0) is 55.7 Å². The molecule has 2 nitrogen and oxygen atoms in total. The van der Waals surface area contributed by atoms with Crippen molar-refractivity contribution in [2.75, 3.05) is 18.0 Å². The summed E-state index contributed by atoms with van der Waals surface area (Å²) in [6.45, 7) is 4.02. The third-order valence-corrected chi connectivity index (χ3v) is 4.09. The van der Waals surface area contributed by atoms with Crippen molar-refractivity contribution in [2.24, 2.45) is 0 Å². The van der Waals surface area contributed by atoms with Crippen molar-refractivity contribution in [2.45, 2.75) is 25.9 Å². The number of alkyl halides is 3. The average Bonchev–Trinajstić information content (AvgIpc) is 3.06. The summed E-state index contributed by atoms with van der Waals surface area (Å²) in [4.78, 5) is 6.77. The van der Waals surface area contributed by atoms with Gasteiger partial charge in [-0.1, -0.05) is 18.2 Å². The molecular formula is C19H19F3N2. The van der Waals surface area contributed by atoms with E-state index in [9.17, 15) is 13.2 Å². The molecule has 0 atom stereocenters. The summed E-state index contributed by atoms with van der Waals surface area (Å²) in [6, 6.07) is 9.33. The number of rotatable bonds is 3. The van der Waals surface area contributed by atoms with E-state index < -0.39 is 11.7 Å². The van der Waals surface area contributed by atoms with Gasteiger partial charge in [0.25, 0.3) is 0 Å². The lowest BCUT2D eigenvalue weighted by atomic mass is 10.1. The monoisotopic (exact) mass is 332 g/mol. The molecule has 3 rings (SSSR count). The molecular weight excluding hydrogens is 313 g/mol. The summed E-state index contributed by atoms with van der Waals surface area (Å²) in [7, 11) is 0. The first kappa shape index (κ1) is 16.6. The van der Waals surface area contributed by atoms with Gasteiger partial charge < -0.3 is 4.90 Å². The van der Waals surface area contributed by atoms with Crippen LogP contribution in [-0.4, -0.2) is 18.1 Å². The van der Waals surface area contributed by atoms with Crippen LogP contribution >= 0.6 is 0 Å². The molecule has 0 saturated carbocycles. The zero-order chi connectivity index (χ0) is 17.2. The van der Waals surface area contributed by atoms with Crippen molar-refractivity contribution in [3.8, 4) is 0 Å². The highest BCUT2D eigenvalue weighted by molar-refractivity contribution is 5.70. The van der Waals surface area contributed by atoms with Gasteiger partial charge in [0.05, 0.1) is 11.3 Å². The van der Waals surface area contributed by atoms with E-state index in [1.54, 1.807) is 18.2 Å². The molecule has 0 bridgehead atoms. The molecule has 0 aliphatic carbocycles. The molecule has 1 aliphatic heterocycles. The van der Waals surface area contributed by atoms with Crippen molar-refractivity contribution in [3.63, 3.8) is 0 Å². The van der Waals surface area contributed by atoms with Crippen LogP contribution in [0.5, 0.6) is 0 Å². The summed E-state index contributed by atoms with van der Waals surface area (Å²) in [5.74, 6) is 0. The number of aromatic nitrogens is 1. The van der Waals surface area contributed by atoms with E-state index in [2.05, 4.69) is 9.88 Å². The molecule has 0 spiro atoms. The van der Waals surface area contributed by atoms with Gasteiger partial charge in [-0.3, -0.25) is 4.98 Å². The summed E-state index contributed by atoms with van der Waals surface area (Å²) in [5.41, 5.74) is 2.66. The Kier molecular flexibility index (Phi) is 4.60. The number of anilines is 1. The fourth-order valence-corrected chi connectivity index (χ4v) is 2.92. The molecule has 0 N–H and O–H groups in total. The Bertz CT molecular complexity index is 745. The Morgan fingerprint density at radius 2 is 1.79 bits per heavy atom. The largest absolute Gasteiger partial charge is 0.416 e. The van der Waals surface area contributed by atoms with Crippen LogP contribution in [0.15, 0.2) is 36.4 Å². The molecule has 0 unspecified atom stereocenters. The maximum atomic E-state index is 12.8. The van der Waals surface area contributed by atoms with Gasteiger partial charge >= 0.3 is 6.18 Å². The predicted octanol–water partition coefficient (Wildman–Crippen LogP) is 5.18. The molecule has 2 aromatic rings. The molecule has 0 radical (unpaired) electrons. The fourth-order valence-electron chi connectivity index (χ4n) is 2.92. The van der Waals surface area contributed by atoms with E-state index in [-0.39, 0.29) is 0 Å². The second-order valence-electron chi connectivity index (χ2n) is 6.04. The van der Waals surface area contributed by atoms with Crippen LogP contribution in [-0.2, 0) is 6.18 Å². The highest BCUT2D eigenvalue weighted by Crippen LogP contribution is 2.30. The molecule has 1 fully saturated rings. The Hall–Kier alpha value is -2.30. The molecule has 126 valence electrons. The van der Waals surface area contributed by atoms with Gasteiger partial charge in [-0.25, -0.2) is 0 Å². The first-order valence-corrected chi connectivity index (χ1v) is 8.01. The first-order valence-electron chi connectivity index (χ1n) is 8.01. The zero-order valence-corrected chi connectivity index (χ0v) is 13.5. The maximum Gasteiger partial charge on any atom is 0.416 e. The Morgan fingerprint density at radius 3 is 2.50 bits per heavy atom. The highest BCUT2D eigenvalue weighted by Gasteiger charge is 2.30. The molecule has 2 heterocycles. The van der Waals surface area contributed by atoms with Gasteiger partial charge in [0, 0.05) is 24.5 Å². The van der Waals surface area contributed by atoms with E-state index in [0.29, 0.717) is 5.56 Å². The van der Waals surface area contributed by atoms with E-state index in [1.165, 1.54) is 18.9 Å². The minimum absolute atomic E-state index is 0.510. The zero-order valence-electron chi connectivity index (χ0n) is 13.5. The van der Waals surface area contributed by atoms with E-state index in [4.69, 9.17) is 0 Å². The van der Waals surface area contributed by atoms with Crippen LogP contribution in [0.4, 0.5) is 18.9 Å². The summed E-state index contributed by atoms with van der Waals surface area (Å²) < 4.78 is 38.3. The van der Waals surface area contributed by atoms with E-state index >= 15 is 0 Å². The van der Waals surface area contributed by atoms with Crippen LogP contribution in [0.3, 0.4) is 0 Å². The molecule has 1 aromatic carbocycles. The van der Waals surface area contributed by atoms with Crippen molar-refractivity contribution >= 4 is 17.8 Å². The number of hydrogen-bond acceptors (Lipinski definition) is 2.